The molecule has 3 aromatic rings. The quantitative estimate of drug-likeness (QED) is 0.520. The molecule has 0 saturated carbocycles. The van der Waals surface area contributed by atoms with Crippen LogP contribution >= 0.6 is 11.6 Å². The van der Waals surface area contributed by atoms with Crippen LogP contribution in [-0.4, -0.2) is 29.0 Å². The van der Waals surface area contributed by atoms with E-state index in [0.29, 0.717) is 17.4 Å². The van der Waals surface area contributed by atoms with Gasteiger partial charge in [-0.2, -0.15) is 4.98 Å². The molecule has 0 unspecified atom stereocenters. The van der Waals surface area contributed by atoms with E-state index in [4.69, 9.17) is 11.6 Å². The van der Waals surface area contributed by atoms with Crippen LogP contribution in [0.5, 0.6) is 0 Å². The lowest BCUT2D eigenvalue weighted by Gasteiger charge is -2.20. The van der Waals surface area contributed by atoms with Gasteiger partial charge in [-0.1, -0.05) is 23.7 Å². The Kier molecular flexibility index (Phi) is 7.25. The summed E-state index contributed by atoms with van der Waals surface area (Å²) in [5.41, 5.74) is 3.39. The van der Waals surface area contributed by atoms with Gasteiger partial charge >= 0.3 is 0 Å². The Morgan fingerprint density at radius 2 is 1.60 bits per heavy atom. The van der Waals surface area contributed by atoms with Crippen molar-refractivity contribution in [2.24, 2.45) is 0 Å². The molecule has 0 aliphatic heterocycles. The molecule has 0 radical (unpaired) electrons. The number of carbonyl (C=O) groups is 1. The molecule has 0 atom stereocenters. The maximum atomic E-state index is 12.3. The predicted octanol–water partition coefficient (Wildman–Crippen LogP) is 5.21. The third kappa shape index (κ3) is 5.94. The minimum Gasteiger partial charge on any atom is -0.357 e. The van der Waals surface area contributed by atoms with Gasteiger partial charge in [-0.25, -0.2) is 4.98 Å². The zero-order valence-corrected chi connectivity index (χ0v) is 18.2. The summed E-state index contributed by atoms with van der Waals surface area (Å²) in [6, 6.07) is 16.7. The van der Waals surface area contributed by atoms with E-state index >= 15 is 0 Å². The van der Waals surface area contributed by atoms with Gasteiger partial charge in [0.25, 0.3) is 0 Å². The highest BCUT2D eigenvalue weighted by Crippen LogP contribution is 2.20. The van der Waals surface area contributed by atoms with Crippen LogP contribution in [0.15, 0.2) is 54.6 Å². The van der Waals surface area contributed by atoms with Gasteiger partial charge in [0.1, 0.15) is 5.82 Å². The fourth-order valence-corrected chi connectivity index (χ4v) is 3.20. The Morgan fingerprint density at radius 1 is 0.967 bits per heavy atom. The number of aryl methyl sites for hydroxylation is 1. The Labute approximate surface area is 182 Å². The topological polar surface area (TPSA) is 70.2 Å². The van der Waals surface area contributed by atoms with E-state index in [0.717, 1.165) is 41.5 Å². The molecule has 7 heteroatoms. The smallest absolute Gasteiger partial charge is 0.229 e. The van der Waals surface area contributed by atoms with E-state index in [1.807, 2.05) is 49.4 Å². The number of aromatic nitrogens is 2. The second-order valence-corrected chi connectivity index (χ2v) is 7.35. The van der Waals surface area contributed by atoms with E-state index in [-0.39, 0.29) is 5.91 Å². The molecule has 1 heterocycles. The SMILES string of the molecule is CCN(CC)c1cc(C)nc(Nc2ccc(NC(=O)Cc3ccc(Cl)cc3)cc2)n1. The van der Waals surface area contributed by atoms with Crippen molar-refractivity contribution in [1.29, 1.82) is 0 Å². The second-order valence-electron chi connectivity index (χ2n) is 6.92. The van der Waals surface area contributed by atoms with Crippen LogP contribution in [0.1, 0.15) is 25.1 Å². The van der Waals surface area contributed by atoms with Gasteiger partial charge in [-0.3, -0.25) is 4.79 Å². The number of hydrogen-bond donors (Lipinski definition) is 2. The molecule has 6 nitrogen and oxygen atoms in total. The summed E-state index contributed by atoms with van der Waals surface area (Å²) in [6.07, 6.45) is 0.294. The molecule has 0 spiro atoms. The Balaban J connectivity index is 1.63. The van der Waals surface area contributed by atoms with Gasteiger partial charge in [0.2, 0.25) is 11.9 Å². The lowest BCUT2D eigenvalue weighted by Crippen LogP contribution is -2.23. The summed E-state index contributed by atoms with van der Waals surface area (Å²) in [4.78, 5) is 23.5. The van der Waals surface area contributed by atoms with Crippen molar-refractivity contribution < 1.29 is 4.79 Å². The molecule has 1 amide bonds. The van der Waals surface area contributed by atoms with Crippen LogP contribution in [0.25, 0.3) is 0 Å². The molecule has 30 heavy (non-hydrogen) atoms. The van der Waals surface area contributed by atoms with Crippen molar-refractivity contribution in [2.75, 3.05) is 28.6 Å². The second kappa shape index (κ2) is 10.1. The molecule has 0 aliphatic carbocycles. The van der Waals surface area contributed by atoms with E-state index in [2.05, 4.69) is 39.3 Å². The molecule has 2 N–H and O–H groups in total. The molecular weight excluding hydrogens is 398 g/mol. The first-order valence-electron chi connectivity index (χ1n) is 9.99. The highest BCUT2D eigenvalue weighted by Gasteiger charge is 2.09. The third-order valence-corrected chi connectivity index (χ3v) is 4.88. The minimum atomic E-state index is -0.0797. The van der Waals surface area contributed by atoms with Crippen LogP contribution in [-0.2, 0) is 11.2 Å². The molecule has 1 aromatic heterocycles. The van der Waals surface area contributed by atoms with Gasteiger partial charge < -0.3 is 15.5 Å². The molecule has 0 aliphatic rings. The molecule has 156 valence electrons. The summed E-state index contributed by atoms with van der Waals surface area (Å²) in [5, 5.41) is 6.80. The lowest BCUT2D eigenvalue weighted by molar-refractivity contribution is -0.115. The number of nitrogens with zero attached hydrogens (tertiary/aromatic N) is 3. The van der Waals surface area contributed by atoms with E-state index in [9.17, 15) is 4.79 Å². The van der Waals surface area contributed by atoms with Crippen LogP contribution in [0, 0.1) is 6.92 Å². The number of anilines is 4. The van der Waals surface area contributed by atoms with Gasteiger partial charge in [0, 0.05) is 41.2 Å². The molecule has 0 bridgehead atoms. The average molecular weight is 424 g/mol. The molecule has 3 rings (SSSR count). The Bertz CT molecular complexity index is 985. The van der Waals surface area contributed by atoms with E-state index in [1.54, 1.807) is 12.1 Å². The van der Waals surface area contributed by atoms with Crippen molar-refractivity contribution in [3.05, 3.63) is 70.9 Å². The Hall–Kier alpha value is -3.12. The Morgan fingerprint density at radius 3 is 2.23 bits per heavy atom. The van der Waals surface area contributed by atoms with Gasteiger partial charge in [-0.05, 0) is 62.7 Å². The fraction of sp³-hybridized carbons (Fsp3) is 0.261. The fourth-order valence-electron chi connectivity index (χ4n) is 3.08. The number of halogens is 1. The summed E-state index contributed by atoms with van der Waals surface area (Å²) in [7, 11) is 0. The van der Waals surface area contributed by atoms with Crippen LogP contribution in [0.4, 0.5) is 23.1 Å². The first kappa shape index (κ1) is 21.6. The summed E-state index contributed by atoms with van der Waals surface area (Å²) >= 11 is 5.88. The maximum Gasteiger partial charge on any atom is 0.229 e. The number of nitrogens with one attached hydrogen (secondary N) is 2. The largest absolute Gasteiger partial charge is 0.357 e. The monoisotopic (exact) mass is 423 g/mol. The van der Waals surface area contributed by atoms with Crippen LogP contribution < -0.4 is 15.5 Å². The number of amides is 1. The van der Waals surface area contributed by atoms with Crippen molar-refractivity contribution in [2.45, 2.75) is 27.2 Å². The predicted molar refractivity (Wildman–Crippen MR) is 124 cm³/mol. The van der Waals surface area contributed by atoms with Crippen LogP contribution in [0.2, 0.25) is 5.02 Å². The number of rotatable bonds is 8. The van der Waals surface area contributed by atoms with Gasteiger partial charge in [0.15, 0.2) is 0 Å². The molecular formula is C23H26ClN5O. The minimum absolute atomic E-state index is 0.0797. The summed E-state index contributed by atoms with van der Waals surface area (Å²) < 4.78 is 0. The molecule has 0 saturated heterocycles. The highest BCUT2D eigenvalue weighted by molar-refractivity contribution is 6.30. The lowest BCUT2D eigenvalue weighted by atomic mass is 10.1. The first-order chi connectivity index (χ1) is 14.5. The number of benzene rings is 2. The standard InChI is InChI=1S/C23H26ClN5O/c1-4-29(5-2)21-14-16(3)25-23(28-21)27-20-12-10-19(11-13-20)26-22(30)15-17-6-8-18(24)9-7-17/h6-14H,4-5,15H2,1-3H3,(H,26,30)(H,25,27,28). The maximum absolute atomic E-state index is 12.3. The van der Waals surface area contributed by atoms with Gasteiger partial charge in [-0.15, -0.1) is 0 Å². The normalized spacial score (nSPS) is 10.5. The molecule has 0 fully saturated rings. The summed E-state index contributed by atoms with van der Waals surface area (Å²) in [5.74, 6) is 1.38. The van der Waals surface area contributed by atoms with E-state index < -0.39 is 0 Å². The third-order valence-electron chi connectivity index (χ3n) is 4.63. The summed E-state index contributed by atoms with van der Waals surface area (Å²) in [6.45, 7) is 7.94. The first-order valence-corrected chi connectivity index (χ1v) is 10.4. The van der Waals surface area contributed by atoms with Crippen molar-refractivity contribution in [1.82, 2.24) is 9.97 Å². The number of carbonyl (C=O) groups excluding carboxylic acids is 1. The zero-order valence-electron chi connectivity index (χ0n) is 17.4. The van der Waals surface area contributed by atoms with E-state index in [1.165, 1.54) is 0 Å². The van der Waals surface area contributed by atoms with Crippen molar-refractivity contribution in [3.8, 4) is 0 Å². The number of hydrogen-bond acceptors (Lipinski definition) is 5. The van der Waals surface area contributed by atoms with Crippen molar-refractivity contribution >= 4 is 40.6 Å². The van der Waals surface area contributed by atoms with Crippen LogP contribution in [0.3, 0.4) is 0 Å². The average Bonchev–Trinajstić information content (AvgIpc) is 2.72. The highest BCUT2D eigenvalue weighted by atomic mass is 35.5. The molecule has 2 aromatic carbocycles. The zero-order chi connectivity index (χ0) is 21.5. The van der Waals surface area contributed by atoms with Crippen molar-refractivity contribution in [3.63, 3.8) is 0 Å². The van der Waals surface area contributed by atoms with Gasteiger partial charge in [0.05, 0.1) is 6.42 Å².